The summed E-state index contributed by atoms with van der Waals surface area (Å²) in [5.74, 6) is 1.62. The van der Waals surface area contributed by atoms with Gasteiger partial charge in [-0.25, -0.2) is 9.97 Å². The molecule has 1 N–H and O–H groups in total. The second-order valence-corrected chi connectivity index (χ2v) is 7.16. The molecule has 0 fully saturated rings. The van der Waals surface area contributed by atoms with Gasteiger partial charge in [-0.3, -0.25) is 0 Å². The van der Waals surface area contributed by atoms with Crippen LogP contribution in [0.25, 0.3) is 21.6 Å². The van der Waals surface area contributed by atoms with E-state index in [1.54, 1.807) is 11.3 Å². The van der Waals surface area contributed by atoms with Crippen LogP contribution in [-0.2, 0) is 6.42 Å². The predicted octanol–water partition coefficient (Wildman–Crippen LogP) is 5.97. The van der Waals surface area contributed by atoms with E-state index in [9.17, 15) is 0 Å². The molecule has 0 aliphatic heterocycles. The Morgan fingerprint density at radius 2 is 1.80 bits per heavy atom. The number of thiophene rings is 1. The molecule has 0 atom stereocenters. The third-order valence-corrected chi connectivity index (χ3v) is 5.28. The van der Waals surface area contributed by atoms with Crippen LogP contribution in [0.1, 0.15) is 17.4 Å². The fraction of sp³-hybridized carbons (Fsp3) is 0.143. The summed E-state index contributed by atoms with van der Waals surface area (Å²) in [6, 6.07) is 20.7. The van der Waals surface area contributed by atoms with Gasteiger partial charge in [0.15, 0.2) is 5.82 Å². The zero-order chi connectivity index (χ0) is 17.2. The van der Waals surface area contributed by atoms with Gasteiger partial charge in [-0.1, -0.05) is 49.4 Å². The number of anilines is 2. The molecule has 3 nitrogen and oxygen atoms in total. The van der Waals surface area contributed by atoms with Crippen LogP contribution in [0.3, 0.4) is 0 Å². The van der Waals surface area contributed by atoms with Gasteiger partial charge in [-0.05, 0) is 37.1 Å². The second kappa shape index (κ2) is 6.65. The molecule has 0 saturated carbocycles. The summed E-state index contributed by atoms with van der Waals surface area (Å²) < 4.78 is 0. The van der Waals surface area contributed by atoms with Crippen molar-refractivity contribution >= 4 is 33.1 Å². The van der Waals surface area contributed by atoms with Crippen molar-refractivity contribution < 1.29 is 0 Å². The Hall–Kier alpha value is -2.72. The lowest BCUT2D eigenvalue weighted by molar-refractivity contribution is 1.19. The Kier molecular flexibility index (Phi) is 4.20. The minimum Gasteiger partial charge on any atom is -0.340 e. The number of benzene rings is 2. The van der Waals surface area contributed by atoms with Crippen LogP contribution < -0.4 is 5.32 Å². The van der Waals surface area contributed by atoms with Crippen LogP contribution >= 0.6 is 11.3 Å². The van der Waals surface area contributed by atoms with Gasteiger partial charge in [0.05, 0.1) is 5.39 Å². The van der Waals surface area contributed by atoms with Crippen molar-refractivity contribution in [1.82, 2.24) is 9.97 Å². The van der Waals surface area contributed by atoms with Gasteiger partial charge in [0.1, 0.15) is 10.6 Å². The molecule has 0 spiro atoms. The summed E-state index contributed by atoms with van der Waals surface area (Å²) in [5.41, 5.74) is 3.30. The average molecular weight is 345 g/mol. The maximum Gasteiger partial charge on any atom is 0.163 e. The fourth-order valence-electron chi connectivity index (χ4n) is 2.82. The summed E-state index contributed by atoms with van der Waals surface area (Å²) in [7, 11) is 0. The second-order valence-electron chi connectivity index (χ2n) is 6.04. The molecule has 0 unspecified atom stereocenters. The molecule has 4 aromatic rings. The molecule has 2 aromatic carbocycles. The summed E-state index contributed by atoms with van der Waals surface area (Å²) in [6.07, 6.45) is 1.01. The van der Waals surface area contributed by atoms with E-state index in [4.69, 9.17) is 9.97 Å². The molecule has 124 valence electrons. The molecule has 0 aliphatic carbocycles. The van der Waals surface area contributed by atoms with E-state index in [-0.39, 0.29) is 0 Å². The van der Waals surface area contributed by atoms with Crippen molar-refractivity contribution in [1.29, 1.82) is 0 Å². The highest BCUT2D eigenvalue weighted by atomic mass is 32.1. The Morgan fingerprint density at radius 1 is 0.960 bits per heavy atom. The monoisotopic (exact) mass is 345 g/mol. The molecule has 0 radical (unpaired) electrons. The molecule has 0 saturated heterocycles. The molecule has 0 amide bonds. The first-order chi connectivity index (χ1) is 12.2. The van der Waals surface area contributed by atoms with Gasteiger partial charge in [0, 0.05) is 16.1 Å². The van der Waals surface area contributed by atoms with E-state index in [2.05, 4.69) is 49.5 Å². The normalized spacial score (nSPS) is 11.0. The predicted molar refractivity (Wildman–Crippen MR) is 107 cm³/mol. The van der Waals surface area contributed by atoms with Crippen LogP contribution in [-0.4, -0.2) is 9.97 Å². The van der Waals surface area contributed by atoms with Gasteiger partial charge >= 0.3 is 0 Å². The third-order valence-electron chi connectivity index (χ3n) is 4.11. The number of aromatic nitrogens is 2. The minimum atomic E-state index is 0.757. The highest BCUT2D eigenvalue weighted by Crippen LogP contribution is 2.33. The number of nitrogens with zero attached hydrogens (tertiary/aromatic N) is 2. The van der Waals surface area contributed by atoms with E-state index >= 15 is 0 Å². The number of aryl methyl sites for hydroxylation is 2. The zero-order valence-corrected chi connectivity index (χ0v) is 15.1. The zero-order valence-electron chi connectivity index (χ0n) is 14.3. The first-order valence-corrected chi connectivity index (χ1v) is 9.24. The maximum atomic E-state index is 4.83. The topological polar surface area (TPSA) is 37.8 Å². The van der Waals surface area contributed by atoms with Crippen molar-refractivity contribution in [3.05, 3.63) is 71.1 Å². The number of nitrogens with one attached hydrogen (secondary N) is 1. The van der Waals surface area contributed by atoms with Crippen LogP contribution in [0.5, 0.6) is 0 Å². The molecule has 4 heteroatoms. The molecule has 0 bridgehead atoms. The van der Waals surface area contributed by atoms with Crippen LogP contribution in [0.4, 0.5) is 11.5 Å². The van der Waals surface area contributed by atoms with Crippen molar-refractivity contribution in [2.75, 3.05) is 5.32 Å². The summed E-state index contributed by atoms with van der Waals surface area (Å²) in [4.78, 5) is 12.0. The number of hydrogen-bond acceptors (Lipinski definition) is 4. The van der Waals surface area contributed by atoms with Crippen molar-refractivity contribution in [2.24, 2.45) is 0 Å². The Morgan fingerprint density at radius 3 is 2.56 bits per heavy atom. The number of rotatable bonds is 4. The minimum absolute atomic E-state index is 0.757. The van der Waals surface area contributed by atoms with Crippen molar-refractivity contribution in [3.63, 3.8) is 0 Å². The SMILES string of the molecule is CCc1cc2c(Nc3cccc(C)c3)nc(-c3ccccc3)nc2s1. The van der Waals surface area contributed by atoms with Gasteiger partial charge in [-0.15, -0.1) is 11.3 Å². The first-order valence-electron chi connectivity index (χ1n) is 8.42. The smallest absolute Gasteiger partial charge is 0.163 e. The quantitative estimate of drug-likeness (QED) is 0.495. The highest BCUT2D eigenvalue weighted by molar-refractivity contribution is 7.18. The van der Waals surface area contributed by atoms with Crippen molar-refractivity contribution in [3.8, 4) is 11.4 Å². The Bertz CT molecular complexity index is 1020. The standard InChI is InChI=1S/C21H19N3S/c1-3-17-13-18-20(22-16-11-7-8-14(2)12-16)23-19(24-21(18)25-17)15-9-5-4-6-10-15/h4-13H,3H2,1-2H3,(H,22,23,24). The van der Waals surface area contributed by atoms with Gasteiger partial charge in [0.2, 0.25) is 0 Å². The number of hydrogen-bond donors (Lipinski definition) is 1. The average Bonchev–Trinajstić information content (AvgIpc) is 3.06. The molecule has 4 rings (SSSR count). The van der Waals surface area contributed by atoms with Crippen LogP contribution in [0.15, 0.2) is 60.7 Å². The van der Waals surface area contributed by atoms with Gasteiger partial charge in [-0.2, -0.15) is 0 Å². The van der Waals surface area contributed by atoms with E-state index in [1.807, 2.05) is 30.3 Å². The van der Waals surface area contributed by atoms with E-state index in [1.165, 1.54) is 10.4 Å². The fourth-order valence-corrected chi connectivity index (χ4v) is 3.78. The van der Waals surface area contributed by atoms with Crippen molar-refractivity contribution in [2.45, 2.75) is 20.3 Å². The third kappa shape index (κ3) is 3.26. The summed E-state index contributed by atoms with van der Waals surface area (Å²) in [6.45, 7) is 4.26. The van der Waals surface area contributed by atoms with E-state index < -0.39 is 0 Å². The molecule has 0 aliphatic rings. The number of fused-ring (bicyclic) bond motifs is 1. The molecular formula is C21H19N3S. The molecule has 25 heavy (non-hydrogen) atoms. The van der Waals surface area contributed by atoms with E-state index in [0.717, 1.165) is 39.5 Å². The largest absolute Gasteiger partial charge is 0.340 e. The van der Waals surface area contributed by atoms with Gasteiger partial charge in [0.25, 0.3) is 0 Å². The lowest BCUT2D eigenvalue weighted by Crippen LogP contribution is -1.98. The molecule has 2 heterocycles. The summed E-state index contributed by atoms with van der Waals surface area (Å²) in [5, 5.41) is 4.58. The summed E-state index contributed by atoms with van der Waals surface area (Å²) >= 11 is 1.74. The Labute approximate surface area is 151 Å². The molecule has 2 aromatic heterocycles. The van der Waals surface area contributed by atoms with Crippen LogP contribution in [0.2, 0.25) is 0 Å². The highest BCUT2D eigenvalue weighted by Gasteiger charge is 2.13. The lowest BCUT2D eigenvalue weighted by atomic mass is 10.2. The maximum absolute atomic E-state index is 4.83. The lowest BCUT2D eigenvalue weighted by Gasteiger charge is -2.09. The van der Waals surface area contributed by atoms with E-state index in [0.29, 0.717) is 0 Å². The van der Waals surface area contributed by atoms with Gasteiger partial charge < -0.3 is 5.32 Å². The Balaban J connectivity index is 1.86. The van der Waals surface area contributed by atoms with Crippen LogP contribution in [0, 0.1) is 6.92 Å². The first kappa shape index (κ1) is 15.8. The molecular weight excluding hydrogens is 326 g/mol.